The average molecular weight is 303 g/mol. The number of aryl methyl sites for hydroxylation is 1. The van der Waals surface area contributed by atoms with Gasteiger partial charge < -0.3 is 15.7 Å². The smallest absolute Gasteiger partial charge is 0.153 e. The van der Waals surface area contributed by atoms with Crippen molar-refractivity contribution in [2.45, 2.75) is 13.0 Å². The Labute approximate surface area is 131 Å². The molecule has 1 saturated heterocycles. The molecule has 1 aromatic heterocycles. The predicted octanol–water partition coefficient (Wildman–Crippen LogP) is 0.619. The third-order valence-electron chi connectivity index (χ3n) is 4.41. The molecule has 0 atom stereocenters. The number of benzene rings is 1. The number of aliphatic hydroxyl groups is 1. The van der Waals surface area contributed by atoms with Gasteiger partial charge >= 0.3 is 0 Å². The number of nitrogen functional groups attached to an aromatic ring is 1. The molecule has 2 heterocycles. The Bertz CT molecular complexity index is 604. The van der Waals surface area contributed by atoms with Crippen molar-refractivity contribution in [1.29, 1.82) is 0 Å². The van der Waals surface area contributed by atoms with E-state index in [-0.39, 0.29) is 6.61 Å². The van der Waals surface area contributed by atoms with Crippen LogP contribution >= 0.6 is 0 Å². The number of nitrogens with two attached hydrogens (primary N) is 1. The fourth-order valence-electron chi connectivity index (χ4n) is 3.15. The van der Waals surface area contributed by atoms with E-state index in [1.807, 2.05) is 22.9 Å². The van der Waals surface area contributed by atoms with Crippen LogP contribution in [0.5, 0.6) is 0 Å². The molecule has 0 amide bonds. The minimum absolute atomic E-state index is 0.258. The maximum absolute atomic E-state index is 8.97. The molecule has 0 spiro atoms. The number of nitrogens with zero attached hydrogens (tertiary/aromatic N) is 4. The van der Waals surface area contributed by atoms with E-state index < -0.39 is 0 Å². The number of β-amino-alcohol motifs (C(OH)–C–C–N with tert-alkyl or cyclic N) is 1. The van der Waals surface area contributed by atoms with Crippen LogP contribution in [0.25, 0.3) is 10.9 Å². The molecule has 3 N–H and O–H groups in total. The Balaban J connectivity index is 1.49. The normalized spacial score (nSPS) is 17.3. The Kier molecular flexibility index (Phi) is 4.92. The molecule has 1 aromatic carbocycles. The molecular weight excluding hydrogens is 278 g/mol. The van der Waals surface area contributed by atoms with Gasteiger partial charge in [-0.15, -0.1) is 0 Å². The monoisotopic (exact) mass is 303 g/mol. The summed E-state index contributed by atoms with van der Waals surface area (Å²) in [6.45, 7) is 7.32. The molecule has 0 unspecified atom stereocenters. The molecule has 1 aliphatic rings. The van der Waals surface area contributed by atoms with Gasteiger partial charge in [-0.2, -0.15) is 5.10 Å². The molecule has 0 saturated carbocycles. The van der Waals surface area contributed by atoms with Crippen LogP contribution in [0.4, 0.5) is 5.82 Å². The number of aliphatic hydroxyl groups excluding tert-OH is 1. The summed E-state index contributed by atoms with van der Waals surface area (Å²) in [4.78, 5) is 4.81. The number of hydrogen-bond donors (Lipinski definition) is 2. The second-order valence-electron chi connectivity index (χ2n) is 5.89. The van der Waals surface area contributed by atoms with Crippen molar-refractivity contribution in [3.05, 3.63) is 24.3 Å². The fraction of sp³-hybridized carbons (Fsp3) is 0.562. The minimum Gasteiger partial charge on any atom is -0.395 e. The molecular formula is C16H25N5O. The number of hydrogen-bond acceptors (Lipinski definition) is 5. The molecule has 6 nitrogen and oxygen atoms in total. The zero-order chi connectivity index (χ0) is 15.4. The molecule has 1 fully saturated rings. The van der Waals surface area contributed by atoms with E-state index in [0.717, 1.165) is 63.1 Å². The number of fused-ring (bicyclic) bond motifs is 1. The van der Waals surface area contributed by atoms with E-state index in [1.54, 1.807) is 0 Å². The van der Waals surface area contributed by atoms with Crippen LogP contribution in [0.3, 0.4) is 0 Å². The van der Waals surface area contributed by atoms with Crippen LogP contribution in [0.2, 0.25) is 0 Å². The van der Waals surface area contributed by atoms with Crippen molar-refractivity contribution >= 4 is 16.7 Å². The topological polar surface area (TPSA) is 70.5 Å². The maximum atomic E-state index is 8.97. The van der Waals surface area contributed by atoms with Crippen LogP contribution in [-0.2, 0) is 6.54 Å². The zero-order valence-corrected chi connectivity index (χ0v) is 13.0. The molecule has 3 rings (SSSR count). The summed E-state index contributed by atoms with van der Waals surface area (Å²) in [5.74, 6) is 0.619. The molecule has 0 bridgehead atoms. The van der Waals surface area contributed by atoms with Gasteiger partial charge in [0, 0.05) is 44.7 Å². The lowest BCUT2D eigenvalue weighted by Crippen LogP contribution is -2.47. The number of rotatable bonds is 6. The van der Waals surface area contributed by atoms with Crippen molar-refractivity contribution < 1.29 is 5.11 Å². The highest BCUT2D eigenvalue weighted by Crippen LogP contribution is 2.20. The first-order valence-corrected chi connectivity index (χ1v) is 8.04. The van der Waals surface area contributed by atoms with Gasteiger partial charge in [-0.1, -0.05) is 12.1 Å². The second-order valence-corrected chi connectivity index (χ2v) is 5.89. The molecule has 120 valence electrons. The van der Waals surface area contributed by atoms with Crippen LogP contribution in [0.15, 0.2) is 24.3 Å². The molecule has 2 aromatic rings. The van der Waals surface area contributed by atoms with E-state index in [1.165, 1.54) is 0 Å². The van der Waals surface area contributed by atoms with E-state index in [9.17, 15) is 0 Å². The third kappa shape index (κ3) is 3.40. The van der Waals surface area contributed by atoms with Gasteiger partial charge in [0.2, 0.25) is 0 Å². The van der Waals surface area contributed by atoms with Crippen LogP contribution in [0.1, 0.15) is 6.42 Å². The minimum atomic E-state index is 0.258. The summed E-state index contributed by atoms with van der Waals surface area (Å²) < 4.78 is 2.02. The first-order valence-electron chi connectivity index (χ1n) is 8.04. The summed E-state index contributed by atoms with van der Waals surface area (Å²) in [6, 6.07) is 8.12. The summed E-state index contributed by atoms with van der Waals surface area (Å²) >= 11 is 0. The van der Waals surface area contributed by atoms with Crippen molar-refractivity contribution in [2.75, 3.05) is 51.6 Å². The van der Waals surface area contributed by atoms with Gasteiger partial charge in [0.15, 0.2) is 5.82 Å². The third-order valence-corrected chi connectivity index (χ3v) is 4.41. The Morgan fingerprint density at radius 1 is 1.00 bits per heavy atom. The largest absolute Gasteiger partial charge is 0.395 e. The van der Waals surface area contributed by atoms with Gasteiger partial charge in [-0.25, -0.2) is 0 Å². The van der Waals surface area contributed by atoms with Gasteiger partial charge in [0.05, 0.1) is 12.1 Å². The lowest BCUT2D eigenvalue weighted by Gasteiger charge is -2.34. The zero-order valence-electron chi connectivity index (χ0n) is 13.0. The first-order chi connectivity index (χ1) is 10.8. The van der Waals surface area contributed by atoms with Gasteiger partial charge in [0.1, 0.15) is 0 Å². The highest BCUT2D eigenvalue weighted by Gasteiger charge is 2.16. The maximum Gasteiger partial charge on any atom is 0.153 e. The Morgan fingerprint density at radius 3 is 2.41 bits per heavy atom. The standard InChI is InChI=1S/C16H25N5O/c17-16-14-4-1-2-5-15(14)21(18-16)7-3-6-19-8-10-20(11-9-19)12-13-22/h1-2,4-5,22H,3,6-13H2,(H2,17,18). The van der Waals surface area contributed by atoms with Gasteiger partial charge in [-0.3, -0.25) is 9.58 Å². The average Bonchev–Trinajstić information content (AvgIpc) is 2.86. The van der Waals surface area contributed by atoms with Gasteiger partial charge in [-0.05, 0) is 25.1 Å². The first kappa shape index (κ1) is 15.3. The molecule has 0 aliphatic carbocycles. The van der Waals surface area contributed by atoms with Crippen LogP contribution < -0.4 is 5.73 Å². The lowest BCUT2D eigenvalue weighted by atomic mass is 10.2. The molecule has 22 heavy (non-hydrogen) atoms. The van der Waals surface area contributed by atoms with E-state index in [0.29, 0.717) is 5.82 Å². The fourth-order valence-corrected chi connectivity index (χ4v) is 3.15. The van der Waals surface area contributed by atoms with Crippen molar-refractivity contribution in [1.82, 2.24) is 19.6 Å². The van der Waals surface area contributed by atoms with Crippen molar-refractivity contribution in [3.63, 3.8) is 0 Å². The Morgan fingerprint density at radius 2 is 1.68 bits per heavy atom. The van der Waals surface area contributed by atoms with Crippen LogP contribution in [-0.4, -0.2) is 70.6 Å². The highest BCUT2D eigenvalue weighted by molar-refractivity contribution is 5.88. The summed E-state index contributed by atoms with van der Waals surface area (Å²) in [5.41, 5.74) is 7.09. The van der Waals surface area contributed by atoms with Crippen LogP contribution in [0, 0.1) is 0 Å². The molecule has 0 radical (unpaired) electrons. The SMILES string of the molecule is Nc1nn(CCCN2CCN(CCO)CC2)c2ccccc12. The van der Waals surface area contributed by atoms with E-state index in [4.69, 9.17) is 10.8 Å². The van der Waals surface area contributed by atoms with Crippen molar-refractivity contribution in [3.8, 4) is 0 Å². The second kappa shape index (κ2) is 7.09. The Hall–Kier alpha value is -1.63. The van der Waals surface area contributed by atoms with E-state index in [2.05, 4.69) is 21.0 Å². The summed E-state index contributed by atoms with van der Waals surface area (Å²) in [5, 5.41) is 14.5. The summed E-state index contributed by atoms with van der Waals surface area (Å²) in [7, 11) is 0. The van der Waals surface area contributed by atoms with Crippen molar-refractivity contribution in [2.24, 2.45) is 0 Å². The lowest BCUT2D eigenvalue weighted by molar-refractivity contribution is 0.111. The van der Waals surface area contributed by atoms with E-state index >= 15 is 0 Å². The highest BCUT2D eigenvalue weighted by atomic mass is 16.3. The number of anilines is 1. The molecule has 1 aliphatic heterocycles. The predicted molar refractivity (Wildman–Crippen MR) is 88.7 cm³/mol. The van der Waals surface area contributed by atoms with Gasteiger partial charge in [0.25, 0.3) is 0 Å². The number of aromatic nitrogens is 2. The molecule has 6 heteroatoms. The summed E-state index contributed by atoms with van der Waals surface area (Å²) in [6.07, 6.45) is 1.07. The number of piperazine rings is 1. The quantitative estimate of drug-likeness (QED) is 0.818. The number of para-hydroxylation sites is 1.